The van der Waals surface area contributed by atoms with Gasteiger partial charge in [-0.1, -0.05) is 17.7 Å². The third kappa shape index (κ3) is 3.04. The molecule has 0 aliphatic carbocycles. The lowest BCUT2D eigenvalue weighted by atomic mass is 10.1. The first-order chi connectivity index (χ1) is 8.25. The molecule has 1 amide bonds. The fourth-order valence-electron chi connectivity index (χ4n) is 1.28. The summed E-state index contributed by atoms with van der Waals surface area (Å²) in [5.41, 5.74) is 4.94. The van der Waals surface area contributed by atoms with Crippen molar-refractivity contribution in [2.75, 3.05) is 0 Å². The molecule has 0 spiro atoms. The van der Waals surface area contributed by atoms with Crippen molar-refractivity contribution >= 4 is 12.1 Å². The van der Waals surface area contributed by atoms with Crippen LogP contribution in [0.1, 0.15) is 21.5 Å². The van der Waals surface area contributed by atoms with Crippen molar-refractivity contribution in [3.05, 3.63) is 59.5 Å². The largest absolute Gasteiger partial charge is 0.472 e. The number of nitrogens with one attached hydrogen (secondary N) is 1. The minimum atomic E-state index is -0.232. The number of furan rings is 1. The molecule has 0 saturated carbocycles. The highest BCUT2D eigenvalue weighted by molar-refractivity contribution is 5.94. The number of hydrogen-bond donors (Lipinski definition) is 1. The van der Waals surface area contributed by atoms with Crippen LogP contribution >= 0.6 is 0 Å². The van der Waals surface area contributed by atoms with Crippen LogP contribution in [-0.2, 0) is 0 Å². The number of hydrazone groups is 1. The van der Waals surface area contributed by atoms with Gasteiger partial charge >= 0.3 is 0 Å². The fraction of sp³-hybridized carbons (Fsp3) is 0.0769. The van der Waals surface area contributed by atoms with Gasteiger partial charge in [-0.05, 0) is 25.1 Å². The maximum Gasteiger partial charge on any atom is 0.271 e. The van der Waals surface area contributed by atoms with Gasteiger partial charge in [0.15, 0.2) is 0 Å². The smallest absolute Gasteiger partial charge is 0.271 e. The van der Waals surface area contributed by atoms with Crippen LogP contribution in [0.4, 0.5) is 0 Å². The van der Waals surface area contributed by atoms with E-state index in [0.717, 1.165) is 11.1 Å². The van der Waals surface area contributed by atoms with Gasteiger partial charge in [0.05, 0.1) is 18.7 Å². The van der Waals surface area contributed by atoms with E-state index < -0.39 is 0 Å². The Labute approximate surface area is 99.0 Å². The summed E-state index contributed by atoms with van der Waals surface area (Å²) in [7, 11) is 0. The fourth-order valence-corrected chi connectivity index (χ4v) is 1.28. The van der Waals surface area contributed by atoms with Gasteiger partial charge in [-0.25, -0.2) is 5.43 Å². The molecule has 0 unspecified atom stereocenters. The summed E-state index contributed by atoms with van der Waals surface area (Å²) in [6.45, 7) is 1.97. The standard InChI is InChI=1S/C13H12N2O2/c1-10-2-4-12(5-3-10)13(16)15-14-8-11-6-7-17-9-11/h2-9H,1H3,(H,15,16)/b14-8+. The number of rotatable bonds is 3. The van der Waals surface area contributed by atoms with Crippen molar-refractivity contribution < 1.29 is 9.21 Å². The number of amides is 1. The van der Waals surface area contributed by atoms with Gasteiger partial charge in [0.1, 0.15) is 0 Å². The minimum absolute atomic E-state index is 0.232. The summed E-state index contributed by atoms with van der Waals surface area (Å²) in [5.74, 6) is -0.232. The quantitative estimate of drug-likeness (QED) is 0.647. The Morgan fingerprint density at radius 2 is 2.06 bits per heavy atom. The first-order valence-corrected chi connectivity index (χ1v) is 5.18. The van der Waals surface area contributed by atoms with Crippen LogP contribution in [-0.4, -0.2) is 12.1 Å². The van der Waals surface area contributed by atoms with E-state index in [1.165, 1.54) is 6.21 Å². The van der Waals surface area contributed by atoms with Gasteiger partial charge < -0.3 is 4.42 Å². The second kappa shape index (κ2) is 5.12. The number of carbonyl (C=O) groups is 1. The third-order valence-electron chi connectivity index (χ3n) is 2.24. The summed E-state index contributed by atoms with van der Waals surface area (Å²) in [4.78, 5) is 11.6. The van der Waals surface area contributed by atoms with Crippen LogP contribution in [0.3, 0.4) is 0 Å². The van der Waals surface area contributed by atoms with E-state index in [1.807, 2.05) is 19.1 Å². The lowest BCUT2D eigenvalue weighted by Gasteiger charge is -1.99. The Balaban J connectivity index is 1.96. The van der Waals surface area contributed by atoms with Crippen LogP contribution in [0.2, 0.25) is 0 Å². The Hall–Kier alpha value is -2.36. The molecule has 0 fully saturated rings. The van der Waals surface area contributed by atoms with Crippen molar-refractivity contribution in [1.29, 1.82) is 0 Å². The molecule has 2 rings (SSSR count). The van der Waals surface area contributed by atoms with E-state index in [-0.39, 0.29) is 5.91 Å². The average Bonchev–Trinajstić information content (AvgIpc) is 2.83. The van der Waals surface area contributed by atoms with Gasteiger partial charge in [-0.3, -0.25) is 4.79 Å². The summed E-state index contributed by atoms with van der Waals surface area (Å²) in [6, 6.07) is 9.04. The van der Waals surface area contributed by atoms with Crippen LogP contribution in [0, 0.1) is 6.92 Å². The zero-order valence-corrected chi connectivity index (χ0v) is 9.38. The Kier molecular flexibility index (Phi) is 3.35. The summed E-state index contributed by atoms with van der Waals surface area (Å²) >= 11 is 0. The van der Waals surface area contributed by atoms with Gasteiger partial charge in [-0.2, -0.15) is 5.10 Å². The lowest BCUT2D eigenvalue weighted by molar-refractivity contribution is 0.0955. The second-order valence-corrected chi connectivity index (χ2v) is 3.62. The van der Waals surface area contributed by atoms with E-state index in [1.54, 1.807) is 30.7 Å². The molecule has 4 nitrogen and oxygen atoms in total. The Morgan fingerprint density at radius 3 is 2.71 bits per heavy atom. The second-order valence-electron chi connectivity index (χ2n) is 3.62. The van der Waals surface area contributed by atoms with E-state index in [2.05, 4.69) is 10.5 Å². The van der Waals surface area contributed by atoms with Crippen LogP contribution in [0.15, 0.2) is 52.4 Å². The monoisotopic (exact) mass is 228 g/mol. The zero-order valence-electron chi connectivity index (χ0n) is 9.38. The molecular formula is C13H12N2O2. The molecule has 4 heteroatoms. The van der Waals surface area contributed by atoms with Crippen LogP contribution < -0.4 is 5.43 Å². The molecule has 1 N–H and O–H groups in total. The summed E-state index contributed by atoms with van der Waals surface area (Å²) in [5, 5.41) is 3.83. The predicted octanol–water partition coefficient (Wildman–Crippen LogP) is 2.35. The number of hydrogen-bond acceptors (Lipinski definition) is 3. The molecule has 0 radical (unpaired) electrons. The molecule has 1 aromatic carbocycles. The summed E-state index contributed by atoms with van der Waals surface area (Å²) in [6.07, 6.45) is 4.61. The SMILES string of the molecule is Cc1ccc(C(=O)N/N=C/c2ccoc2)cc1. The molecule has 1 heterocycles. The number of nitrogens with zero attached hydrogens (tertiary/aromatic N) is 1. The van der Waals surface area contributed by atoms with Crippen molar-refractivity contribution in [2.45, 2.75) is 6.92 Å². The number of benzene rings is 1. The molecular weight excluding hydrogens is 216 g/mol. The molecule has 0 atom stereocenters. The highest BCUT2D eigenvalue weighted by Crippen LogP contribution is 2.02. The van der Waals surface area contributed by atoms with Crippen molar-refractivity contribution in [2.24, 2.45) is 5.10 Å². The average molecular weight is 228 g/mol. The van der Waals surface area contributed by atoms with E-state index in [0.29, 0.717) is 5.56 Å². The normalized spacial score (nSPS) is 10.6. The topological polar surface area (TPSA) is 54.6 Å². The molecule has 0 saturated heterocycles. The van der Waals surface area contributed by atoms with Crippen LogP contribution in [0.25, 0.3) is 0 Å². The molecule has 0 bridgehead atoms. The first kappa shape index (κ1) is 11.1. The van der Waals surface area contributed by atoms with E-state index in [4.69, 9.17) is 4.42 Å². The first-order valence-electron chi connectivity index (χ1n) is 5.18. The van der Waals surface area contributed by atoms with Crippen molar-refractivity contribution in [3.63, 3.8) is 0 Å². The van der Waals surface area contributed by atoms with E-state index >= 15 is 0 Å². The number of aryl methyl sites for hydroxylation is 1. The van der Waals surface area contributed by atoms with E-state index in [9.17, 15) is 4.79 Å². The summed E-state index contributed by atoms with van der Waals surface area (Å²) < 4.78 is 4.87. The lowest BCUT2D eigenvalue weighted by Crippen LogP contribution is -2.17. The molecule has 2 aromatic rings. The van der Waals surface area contributed by atoms with Gasteiger partial charge in [0.25, 0.3) is 5.91 Å². The molecule has 0 aliphatic heterocycles. The molecule has 86 valence electrons. The highest BCUT2D eigenvalue weighted by atomic mass is 16.3. The van der Waals surface area contributed by atoms with Crippen molar-refractivity contribution in [3.8, 4) is 0 Å². The zero-order chi connectivity index (χ0) is 12.1. The van der Waals surface area contributed by atoms with Gasteiger partial charge in [-0.15, -0.1) is 0 Å². The Morgan fingerprint density at radius 1 is 1.29 bits per heavy atom. The third-order valence-corrected chi connectivity index (χ3v) is 2.24. The predicted molar refractivity (Wildman–Crippen MR) is 64.9 cm³/mol. The number of carbonyl (C=O) groups excluding carboxylic acids is 1. The maximum atomic E-state index is 11.6. The highest BCUT2D eigenvalue weighted by Gasteiger charge is 2.02. The maximum absolute atomic E-state index is 11.6. The molecule has 0 aliphatic rings. The van der Waals surface area contributed by atoms with Crippen LogP contribution in [0.5, 0.6) is 0 Å². The Bertz CT molecular complexity index is 513. The molecule has 17 heavy (non-hydrogen) atoms. The van der Waals surface area contributed by atoms with Gasteiger partial charge in [0, 0.05) is 11.1 Å². The minimum Gasteiger partial charge on any atom is -0.472 e. The van der Waals surface area contributed by atoms with Crippen molar-refractivity contribution in [1.82, 2.24) is 5.43 Å². The molecule has 1 aromatic heterocycles. The van der Waals surface area contributed by atoms with Gasteiger partial charge in [0.2, 0.25) is 0 Å².